The second kappa shape index (κ2) is 6.67. The molecule has 0 bridgehead atoms. The van der Waals surface area contributed by atoms with E-state index in [1.807, 2.05) is 0 Å². The molecule has 7 nitrogen and oxygen atoms in total. The maximum Gasteiger partial charge on any atom is 0.332 e. The first-order valence-electron chi connectivity index (χ1n) is 7.55. The number of hydrogen-bond donors (Lipinski definition) is 1. The monoisotopic (exact) mass is 365 g/mol. The minimum Gasteiger partial charge on any atom is -0.488 e. The highest BCUT2D eigenvalue weighted by Crippen LogP contribution is 2.21. The van der Waals surface area contributed by atoms with E-state index >= 15 is 0 Å². The Morgan fingerprint density at radius 2 is 2.00 bits per heavy atom. The number of aromatic nitrogens is 1. The molecule has 0 saturated carbocycles. The molecule has 2 N–H and O–H groups in total. The molecule has 132 valence electrons. The zero-order valence-corrected chi connectivity index (χ0v) is 13.9. The van der Waals surface area contributed by atoms with Crippen molar-refractivity contribution in [3.05, 3.63) is 48.2 Å². The van der Waals surface area contributed by atoms with E-state index in [0.717, 1.165) is 12.1 Å². The van der Waals surface area contributed by atoms with Crippen molar-refractivity contribution in [2.75, 3.05) is 18.8 Å². The van der Waals surface area contributed by atoms with Gasteiger partial charge in [-0.3, -0.25) is 4.79 Å². The number of rotatable bonds is 4. The molecule has 0 spiro atoms. The molecule has 0 unspecified atom stereocenters. The van der Waals surface area contributed by atoms with Gasteiger partial charge < -0.3 is 15.4 Å². The van der Waals surface area contributed by atoms with Gasteiger partial charge in [0.1, 0.15) is 17.7 Å². The number of carbonyl (C=O) groups excluding carboxylic acids is 1. The van der Waals surface area contributed by atoms with Gasteiger partial charge >= 0.3 is 10.2 Å². The Hall–Kier alpha value is -2.68. The Balaban J connectivity index is 1.64. The number of benzene rings is 1. The van der Waals surface area contributed by atoms with Crippen LogP contribution in [0.15, 0.2) is 47.5 Å². The van der Waals surface area contributed by atoms with Crippen LogP contribution in [-0.2, 0) is 10.2 Å². The number of anilines is 1. The van der Waals surface area contributed by atoms with Crippen LogP contribution in [0.3, 0.4) is 0 Å². The van der Waals surface area contributed by atoms with Crippen LogP contribution in [0.5, 0.6) is 5.75 Å². The zero-order chi connectivity index (χ0) is 18.0. The molecule has 1 fully saturated rings. The summed E-state index contributed by atoms with van der Waals surface area (Å²) in [7, 11) is -4.77. The molecule has 0 aliphatic carbocycles. The first-order valence-corrected chi connectivity index (χ1v) is 8.93. The van der Waals surface area contributed by atoms with Crippen LogP contribution >= 0.6 is 0 Å². The third-order valence-electron chi connectivity index (χ3n) is 3.87. The highest BCUT2D eigenvalue weighted by atomic mass is 32.3. The summed E-state index contributed by atoms with van der Waals surface area (Å²) >= 11 is 0. The molecule has 25 heavy (non-hydrogen) atoms. The third-order valence-corrected chi connectivity index (χ3v) is 4.71. The van der Waals surface area contributed by atoms with Crippen molar-refractivity contribution < 1.29 is 21.8 Å². The number of ether oxygens (including phenoxy) is 1. The lowest BCUT2D eigenvalue weighted by atomic mass is 10.2. The predicted octanol–water partition coefficient (Wildman–Crippen LogP) is 1.62. The van der Waals surface area contributed by atoms with E-state index in [4.69, 9.17) is 10.5 Å². The average Bonchev–Trinajstić information content (AvgIpc) is 3.02. The van der Waals surface area contributed by atoms with E-state index < -0.39 is 15.1 Å². The lowest BCUT2D eigenvalue weighted by molar-refractivity contribution is 0.0772. The zero-order valence-electron chi connectivity index (χ0n) is 13.1. The molecule has 1 amide bonds. The SMILES string of the molecule is Nc1cc(O[C@@H]2CCN(C(=O)c3ccc(S(=O)(=O)F)cc3)C2)ccn1. The quantitative estimate of drug-likeness (QED) is 0.826. The standard InChI is InChI=1S/C16H16FN3O4S/c17-25(22,23)14-3-1-11(2-4-14)16(21)20-8-6-13(10-20)24-12-5-7-19-15(18)9-12/h1-5,7,9,13H,6,8,10H2,(H2,18,19)/t13-/m1/s1. The average molecular weight is 365 g/mol. The molecule has 1 atom stereocenters. The van der Waals surface area contributed by atoms with Crippen molar-refractivity contribution in [3.63, 3.8) is 0 Å². The third kappa shape index (κ3) is 4.05. The van der Waals surface area contributed by atoms with Gasteiger partial charge in [0.25, 0.3) is 5.91 Å². The molecule has 2 aromatic rings. The van der Waals surface area contributed by atoms with Crippen molar-refractivity contribution in [1.29, 1.82) is 0 Å². The van der Waals surface area contributed by atoms with Crippen LogP contribution in [-0.4, -0.2) is 43.4 Å². The van der Waals surface area contributed by atoms with E-state index in [1.54, 1.807) is 23.2 Å². The van der Waals surface area contributed by atoms with Gasteiger partial charge in [-0.05, 0) is 30.3 Å². The number of carbonyl (C=O) groups is 1. The smallest absolute Gasteiger partial charge is 0.332 e. The maximum atomic E-state index is 12.9. The molecule has 1 aromatic carbocycles. The molecular formula is C16H16FN3O4S. The molecule has 1 aliphatic rings. The van der Waals surface area contributed by atoms with Gasteiger partial charge in [0.2, 0.25) is 0 Å². The van der Waals surface area contributed by atoms with Crippen LogP contribution in [0.4, 0.5) is 9.70 Å². The minimum atomic E-state index is -4.77. The van der Waals surface area contributed by atoms with Crippen LogP contribution in [0.1, 0.15) is 16.8 Å². The Labute approximate surface area is 144 Å². The number of halogens is 1. The Morgan fingerprint density at radius 1 is 1.28 bits per heavy atom. The summed E-state index contributed by atoms with van der Waals surface area (Å²) in [6.07, 6.45) is 2.03. The van der Waals surface area contributed by atoms with E-state index in [2.05, 4.69) is 4.98 Å². The number of nitrogen functional groups attached to an aromatic ring is 1. The summed E-state index contributed by atoms with van der Waals surface area (Å²) in [6.45, 7) is 0.900. The lowest BCUT2D eigenvalue weighted by Crippen LogP contribution is -2.30. The first-order chi connectivity index (χ1) is 11.8. The van der Waals surface area contributed by atoms with Gasteiger partial charge in [0, 0.05) is 30.8 Å². The molecule has 0 radical (unpaired) electrons. The Bertz CT molecular complexity index is 887. The molecular weight excluding hydrogens is 349 g/mol. The number of amides is 1. The first kappa shape index (κ1) is 17.2. The number of pyridine rings is 1. The number of likely N-dealkylation sites (tertiary alicyclic amines) is 1. The molecule has 1 aliphatic heterocycles. The fourth-order valence-corrected chi connectivity index (χ4v) is 3.11. The normalized spacial score (nSPS) is 17.5. The fraction of sp³-hybridized carbons (Fsp3) is 0.250. The summed E-state index contributed by atoms with van der Waals surface area (Å²) in [6, 6.07) is 8.05. The maximum absolute atomic E-state index is 12.9. The molecule has 3 rings (SSSR count). The number of nitrogens with two attached hydrogens (primary N) is 1. The Kier molecular flexibility index (Phi) is 4.58. The lowest BCUT2D eigenvalue weighted by Gasteiger charge is -2.17. The van der Waals surface area contributed by atoms with Crippen molar-refractivity contribution in [3.8, 4) is 5.75 Å². The van der Waals surface area contributed by atoms with Crippen LogP contribution in [0.2, 0.25) is 0 Å². The summed E-state index contributed by atoms with van der Waals surface area (Å²) in [5.74, 6) is 0.679. The van der Waals surface area contributed by atoms with Crippen LogP contribution in [0, 0.1) is 0 Å². The highest BCUT2D eigenvalue weighted by molar-refractivity contribution is 7.86. The van der Waals surface area contributed by atoms with Gasteiger partial charge in [0.15, 0.2) is 0 Å². The van der Waals surface area contributed by atoms with E-state index in [1.165, 1.54) is 12.1 Å². The van der Waals surface area contributed by atoms with Crippen molar-refractivity contribution in [2.24, 2.45) is 0 Å². The van der Waals surface area contributed by atoms with E-state index in [-0.39, 0.29) is 12.0 Å². The number of nitrogens with zero attached hydrogens (tertiary/aromatic N) is 2. The summed E-state index contributed by atoms with van der Waals surface area (Å²) in [5, 5.41) is 0. The van der Waals surface area contributed by atoms with E-state index in [9.17, 15) is 17.1 Å². The molecule has 1 aromatic heterocycles. The number of hydrogen-bond acceptors (Lipinski definition) is 6. The Morgan fingerprint density at radius 3 is 2.64 bits per heavy atom. The minimum absolute atomic E-state index is 0.170. The van der Waals surface area contributed by atoms with Gasteiger partial charge in [-0.2, -0.15) is 8.42 Å². The van der Waals surface area contributed by atoms with E-state index in [0.29, 0.717) is 36.6 Å². The van der Waals surface area contributed by atoms with Crippen molar-refractivity contribution in [2.45, 2.75) is 17.4 Å². The largest absolute Gasteiger partial charge is 0.488 e. The van der Waals surface area contributed by atoms with Crippen molar-refractivity contribution >= 4 is 21.9 Å². The molecule has 9 heteroatoms. The molecule has 1 saturated heterocycles. The summed E-state index contributed by atoms with van der Waals surface area (Å²) in [4.78, 5) is 17.5. The predicted molar refractivity (Wildman–Crippen MR) is 88.3 cm³/mol. The van der Waals surface area contributed by atoms with Gasteiger partial charge in [0.05, 0.1) is 11.4 Å². The highest BCUT2D eigenvalue weighted by Gasteiger charge is 2.28. The second-order valence-corrected chi connectivity index (χ2v) is 7.01. The topological polar surface area (TPSA) is 103 Å². The van der Waals surface area contributed by atoms with Gasteiger partial charge in [-0.15, -0.1) is 3.89 Å². The molecule has 2 heterocycles. The van der Waals surface area contributed by atoms with Gasteiger partial charge in [-0.1, -0.05) is 0 Å². The summed E-state index contributed by atoms with van der Waals surface area (Å²) in [5.41, 5.74) is 5.89. The fourth-order valence-electron chi connectivity index (χ4n) is 2.65. The van der Waals surface area contributed by atoms with Crippen molar-refractivity contribution in [1.82, 2.24) is 9.88 Å². The second-order valence-electron chi connectivity index (χ2n) is 5.66. The van der Waals surface area contributed by atoms with Crippen LogP contribution in [0.25, 0.3) is 0 Å². The van der Waals surface area contributed by atoms with Crippen LogP contribution < -0.4 is 10.5 Å². The summed E-state index contributed by atoms with van der Waals surface area (Å²) < 4.78 is 40.3. The van der Waals surface area contributed by atoms with Gasteiger partial charge in [-0.25, -0.2) is 4.98 Å².